The molecule has 0 saturated heterocycles. The van der Waals surface area contributed by atoms with E-state index in [1.165, 1.54) is 10.5 Å². The number of hydrogen-bond donors (Lipinski definition) is 2. The zero-order chi connectivity index (χ0) is 15.4. The fourth-order valence-electron chi connectivity index (χ4n) is 2.01. The quantitative estimate of drug-likeness (QED) is 0.383. The lowest BCUT2D eigenvalue weighted by atomic mass is 10.0. The number of amides is 1. The topological polar surface area (TPSA) is 68.3 Å². The van der Waals surface area contributed by atoms with Crippen LogP contribution in [0.4, 0.5) is 0 Å². The molecule has 112 valence electrons. The summed E-state index contributed by atoms with van der Waals surface area (Å²) in [5.74, 6) is 6.99. The lowest BCUT2D eigenvalue weighted by Gasteiger charge is -2.06. The van der Waals surface area contributed by atoms with Gasteiger partial charge in [-0.15, -0.1) is 11.8 Å². The van der Waals surface area contributed by atoms with E-state index in [0.717, 1.165) is 11.3 Å². The maximum absolute atomic E-state index is 11.5. The minimum Gasteiger partial charge on any atom is -0.455 e. The SMILES string of the molecule is Cc1cc(CSc2ccc(C(C)C)cc2)oc1C(=O)NN. The third kappa shape index (κ3) is 3.89. The summed E-state index contributed by atoms with van der Waals surface area (Å²) in [6.45, 7) is 6.19. The van der Waals surface area contributed by atoms with Gasteiger partial charge in [-0.05, 0) is 36.6 Å². The van der Waals surface area contributed by atoms with Crippen molar-refractivity contribution in [1.82, 2.24) is 5.43 Å². The fourth-order valence-corrected chi connectivity index (χ4v) is 2.79. The van der Waals surface area contributed by atoms with Crippen molar-refractivity contribution in [1.29, 1.82) is 0 Å². The molecule has 1 heterocycles. The largest absolute Gasteiger partial charge is 0.455 e. The molecule has 0 fully saturated rings. The van der Waals surface area contributed by atoms with Crippen LogP contribution in [0.3, 0.4) is 0 Å². The highest BCUT2D eigenvalue weighted by atomic mass is 32.2. The summed E-state index contributed by atoms with van der Waals surface area (Å²) in [5.41, 5.74) is 4.21. The molecule has 2 aromatic rings. The molecule has 0 aliphatic heterocycles. The maximum Gasteiger partial charge on any atom is 0.301 e. The van der Waals surface area contributed by atoms with E-state index >= 15 is 0 Å². The Hall–Kier alpha value is -1.72. The van der Waals surface area contributed by atoms with Gasteiger partial charge in [-0.25, -0.2) is 5.84 Å². The highest BCUT2D eigenvalue weighted by Gasteiger charge is 2.14. The van der Waals surface area contributed by atoms with E-state index in [1.54, 1.807) is 11.8 Å². The van der Waals surface area contributed by atoms with Crippen molar-refractivity contribution in [2.75, 3.05) is 0 Å². The Morgan fingerprint density at radius 3 is 2.57 bits per heavy atom. The Kier molecular flexibility index (Phi) is 5.09. The standard InChI is InChI=1S/C16H20N2O2S/c1-10(2)12-4-6-14(7-5-12)21-9-13-8-11(3)15(20-13)16(19)18-17/h4-8,10H,9,17H2,1-3H3,(H,18,19). The van der Waals surface area contributed by atoms with Crippen LogP contribution in [0.1, 0.15) is 47.2 Å². The van der Waals surface area contributed by atoms with Gasteiger partial charge in [0.2, 0.25) is 0 Å². The molecule has 0 aliphatic rings. The van der Waals surface area contributed by atoms with Gasteiger partial charge in [-0.2, -0.15) is 0 Å². The molecule has 1 aromatic carbocycles. The van der Waals surface area contributed by atoms with Crippen LogP contribution < -0.4 is 11.3 Å². The van der Waals surface area contributed by atoms with E-state index < -0.39 is 5.91 Å². The molecule has 0 spiro atoms. The third-order valence-corrected chi connectivity index (χ3v) is 4.27. The minimum absolute atomic E-state index is 0.281. The van der Waals surface area contributed by atoms with E-state index in [4.69, 9.17) is 10.3 Å². The molecule has 0 radical (unpaired) electrons. The Labute approximate surface area is 129 Å². The molecule has 3 N–H and O–H groups in total. The second-order valence-electron chi connectivity index (χ2n) is 5.21. The first-order valence-electron chi connectivity index (χ1n) is 6.84. The van der Waals surface area contributed by atoms with Gasteiger partial charge in [-0.1, -0.05) is 26.0 Å². The Morgan fingerprint density at radius 1 is 1.33 bits per heavy atom. The van der Waals surface area contributed by atoms with Gasteiger partial charge in [-0.3, -0.25) is 10.2 Å². The first-order valence-corrected chi connectivity index (χ1v) is 7.83. The molecule has 0 saturated carbocycles. The molecular formula is C16H20N2O2S. The molecule has 5 heteroatoms. The van der Waals surface area contributed by atoms with Gasteiger partial charge in [0.25, 0.3) is 0 Å². The monoisotopic (exact) mass is 304 g/mol. The zero-order valence-corrected chi connectivity index (χ0v) is 13.3. The van der Waals surface area contributed by atoms with E-state index in [1.807, 2.05) is 13.0 Å². The average molecular weight is 304 g/mol. The molecule has 0 bridgehead atoms. The fraction of sp³-hybridized carbons (Fsp3) is 0.312. The first kappa shape index (κ1) is 15.7. The van der Waals surface area contributed by atoms with Crippen molar-refractivity contribution in [3.8, 4) is 0 Å². The average Bonchev–Trinajstić information content (AvgIpc) is 2.86. The highest BCUT2D eigenvalue weighted by Crippen LogP contribution is 2.26. The summed E-state index contributed by atoms with van der Waals surface area (Å²) in [6, 6.07) is 10.4. The summed E-state index contributed by atoms with van der Waals surface area (Å²) in [5, 5.41) is 0. The van der Waals surface area contributed by atoms with Gasteiger partial charge >= 0.3 is 5.91 Å². The first-order chi connectivity index (χ1) is 10.0. The molecule has 21 heavy (non-hydrogen) atoms. The molecule has 1 amide bonds. The summed E-state index contributed by atoms with van der Waals surface area (Å²) in [4.78, 5) is 12.7. The number of nitrogens with one attached hydrogen (secondary N) is 1. The third-order valence-electron chi connectivity index (χ3n) is 3.23. The summed E-state index contributed by atoms with van der Waals surface area (Å²) < 4.78 is 5.54. The smallest absolute Gasteiger partial charge is 0.301 e. The number of rotatable bonds is 5. The van der Waals surface area contributed by atoms with Gasteiger partial charge in [0.15, 0.2) is 5.76 Å². The number of benzene rings is 1. The predicted octanol–water partition coefficient (Wildman–Crippen LogP) is 3.61. The predicted molar refractivity (Wildman–Crippen MR) is 85.2 cm³/mol. The Morgan fingerprint density at radius 2 is 2.00 bits per heavy atom. The molecular weight excluding hydrogens is 284 g/mol. The van der Waals surface area contributed by atoms with Crippen molar-refractivity contribution < 1.29 is 9.21 Å². The lowest BCUT2D eigenvalue weighted by Crippen LogP contribution is -2.30. The number of aryl methyl sites for hydroxylation is 1. The van der Waals surface area contributed by atoms with Crippen LogP contribution in [0.2, 0.25) is 0 Å². The van der Waals surface area contributed by atoms with Gasteiger partial charge in [0, 0.05) is 10.5 Å². The molecule has 1 aromatic heterocycles. The van der Waals surface area contributed by atoms with Crippen molar-refractivity contribution in [3.63, 3.8) is 0 Å². The zero-order valence-electron chi connectivity index (χ0n) is 12.5. The summed E-state index contributed by atoms with van der Waals surface area (Å²) in [7, 11) is 0. The molecule has 0 unspecified atom stereocenters. The maximum atomic E-state index is 11.5. The second kappa shape index (κ2) is 6.83. The highest BCUT2D eigenvalue weighted by molar-refractivity contribution is 7.98. The minimum atomic E-state index is -0.398. The summed E-state index contributed by atoms with van der Waals surface area (Å²) >= 11 is 1.68. The Balaban J connectivity index is 2.01. The number of furan rings is 1. The lowest BCUT2D eigenvalue weighted by molar-refractivity contribution is 0.0923. The number of thioether (sulfide) groups is 1. The van der Waals surface area contributed by atoms with E-state index in [2.05, 4.69) is 43.5 Å². The molecule has 2 rings (SSSR count). The van der Waals surface area contributed by atoms with Crippen LogP contribution in [0.15, 0.2) is 39.6 Å². The van der Waals surface area contributed by atoms with E-state index in [-0.39, 0.29) is 5.76 Å². The van der Waals surface area contributed by atoms with Crippen molar-refractivity contribution in [2.45, 2.75) is 37.3 Å². The number of nitrogen functional groups attached to an aromatic ring is 1. The van der Waals surface area contributed by atoms with Gasteiger partial charge < -0.3 is 4.42 Å². The van der Waals surface area contributed by atoms with Crippen LogP contribution in [-0.2, 0) is 5.75 Å². The summed E-state index contributed by atoms with van der Waals surface area (Å²) in [6.07, 6.45) is 0. The number of carbonyl (C=O) groups is 1. The number of hydrazine groups is 1. The number of carbonyl (C=O) groups excluding carboxylic acids is 1. The van der Waals surface area contributed by atoms with Crippen molar-refractivity contribution in [3.05, 3.63) is 53.0 Å². The normalized spacial score (nSPS) is 10.9. The Bertz CT molecular complexity index is 618. The van der Waals surface area contributed by atoms with E-state index in [0.29, 0.717) is 11.7 Å². The van der Waals surface area contributed by atoms with Crippen LogP contribution in [-0.4, -0.2) is 5.91 Å². The molecule has 0 aliphatic carbocycles. The number of hydrogen-bond acceptors (Lipinski definition) is 4. The van der Waals surface area contributed by atoms with Crippen LogP contribution >= 0.6 is 11.8 Å². The van der Waals surface area contributed by atoms with Gasteiger partial charge in [0.05, 0.1) is 5.75 Å². The second-order valence-corrected chi connectivity index (χ2v) is 6.26. The van der Waals surface area contributed by atoms with Crippen LogP contribution in [0.25, 0.3) is 0 Å². The molecule has 4 nitrogen and oxygen atoms in total. The van der Waals surface area contributed by atoms with E-state index in [9.17, 15) is 4.79 Å². The number of nitrogens with two attached hydrogens (primary N) is 1. The van der Waals surface area contributed by atoms with Crippen LogP contribution in [0, 0.1) is 6.92 Å². The van der Waals surface area contributed by atoms with Gasteiger partial charge in [0.1, 0.15) is 5.76 Å². The van der Waals surface area contributed by atoms with Crippen molar-refractivity contribution >= 4 is 17.7 Å². The van der Waals surface area contributed by atoms with Crippen molar-refractivity contribution in [2.24, 2.45) is 5.84 Å². The van der Waals surface area contributed by atoms with Crippen LogP contribution in [0.5, 0.6) is 0 Å². The molecule has 0 atom stereocenters.